The van der Waals surface area contributed by atoms with E-state index >= 15 is 0 Å². The normalized spacial score (nSPS) is 16.9. The van der Waals surface area contributed by atoms with Gasteiger partial charge in [0.25, 0.3) is 0 Å². The minimum atomic E-state index is -0.579. The zero-order valence-electron chi connectivity index (χ0n) is 10.5. The molecule has 0 radical (unpaired) electrons. The lowest BCUT2D eigenvalue weighted by Crippen LogP contribution is -2.44. The van der Waals surface area contributed by atoms with Crippen LogP contribution in [0.4, 0.5) is 4.39 Å². The van der Waals surface area contributed by atoms with E-state index in [1.807, 2.05) is 6.08 Å². The maximum Gasteiger partial charge on any atom is 0.165 e. The number of benzene rings is 1. The molecular formula is C13H19Cl2FN2O. The third kappa shape index (κ3) is 4.35. The van der Waals surface area contributed by atoms with Crippen LogP contribution in [0, 0.1) is 5.82 Å². The summed E-state index contributed by atoms with van der Waals surface area (Å²) in [6.07, 6.45) is 1.82. The van der Waals surface area contributed by atoms with Gasteiger partial charge in [0.1, 0.15) is 0 Å². The Morgan fingerprint density at radius 1 is 1.32 bits per heavy atom. The summed E-state index contributed by atoms with van der Waals surface area (Å²) >= 11 is 0. The number of rotatable bonds is 3. The second-order valence-corrected chi connectivity index (χ2v) is 4.18. The van der Waals surface area contributed by atoms with E-state index in [1.54, 1.807) is 6.07 Å². The lowest BCUT2D eigenvalue weighted by molar-refractivity contribution is 0.203. The fraction of sp³-hybridized carbons (Fsp3) is 0.385. The van der Waals surface area contributed by atoms with Gasteiger partial charge in [0.2, 0.25) is 0 Å². The summed E-state index contributed by atoms with van der Waals surface area (Å²) in [4.78, 5) is 2.25. The van der Waals surface area contributed by atoms with Crippen LogP contribution in [0.1, 0.15) is 11.6 Å². The highest BCUT2D eigenvalue weighted by Gasteiger charge is 2.20. The second-order valence-electron chi connectivity index (χ2n) is 4.18. The maximum atomic E-state index is 13.3. The first-order valence-corrected chi connectivity index (χ1v) is 5.78. The van der Waals surface area contributed by atoms with Crippen LogP contribution in [0.5, 0.6) is 5.75 Å². The Hall–Kier alpha value is -0.810. The molecule has 1 fully saturated rings. The monoisotopic (exact) mass is 308 g/mol. The van der Waals surface area contributed by atoms with E-state index in [2.05, 4.69) is 16.8 Å². The summed E-state index contributed by atoms with van der Waals surface area (Å²) in [5.41, 5.74) is 0.831. The molecule has 2 N–H and O–H groups in total. The van der Waals surface area contributed by atoms with Gasteiger partial charge in [0, 0.05) is 26.2 Å². The number of phenols is 1. The van der Waals surface area contributed by atoms with Crippen molar-refractivity contribution in [1.82, 2.24) is 10.2 Å². The van der Waals surface area contributed by atoms with Crippen LogP contribution >= 0.6 is 24.8 Å². The molecule has 108 valence electrons. The first-order chi connectivity index (χ1) is 8.22. The van der Waals surface area contributed by atoms with E-state index in [0.717, 1.165) is 31.7 Å². The number of nitrogens with one attached hydrogen (secondary N) is 1. The molecule has 0 aromatic heterocycles. The van der Waals surface area contributed by atoms with Crippen LogP contribution in [0.25, 0.3) is 0 Å². The molecule has 2 rings (SSSR count). The van der Waals surface area contributed by atoms with E-state index in [1.165, 1.54) is 12.1 Å². The summed E-state index contributed by atoms with van der Waals surface area (Å²) in [7, 11) is 0. The number of aromatic hydroxyl groups is 1. The number of hydrogen-bond acceptors (Lipinski definition) is 3. The van der Waals surface area contributed by atoms with Crippen molar-refractivity contribution in [3.05, 3.63) is 42.2 Å². The van der Waals surface area contributed by atoms with Gasteiger partial charge in [-0.05, 0) is 17.7 Å². The molecule has 0 bridgehead atoms. The lowest BCUT2D eigenvalue weighted by atomic mass is 10.0. The molecule has 0 saturated carbocycles. The smallest absolute Gasteiger partial charge is 0.165 e. The minimum Gasteiger partial charge on any atom is -0.505 e. The average molecular weight is 309 g/mol. The van der Waals surface area contributed by atoms with Gasteiger partial charge in [-0.2, -0.15) is 0 Å². The number of hydrogen-bond donors (Lipinski definition) is 2. The highest BCUT2D eigenvalue weighted by atomic mass is 35.5. The SMILES string of the molecule is C=C[C@@H](c1ccc(O)c(F)c1)N1CCNCC1.Cl.Cl. The quantitative estimate of drug-likeness (QED) is 0.842. The number of halogens is 3. The molecule has 3 nitrogen and oxygen atoms in total. The summed E-state index contributed by atoms with van der Waals surface area (Å²) in [6, 6.07) is 4.52. The molecule has 1 aromatic rings. The van der Waals surface area contributed by atoms with Gasteiger partial charge in [-0.3, -0.25) is 4.90 Å². The summed E-state index contributed by atoms with van der Waals surface area (Å²) in [5.74, 6) is -0.888. The molecule has 0 aliphatic carbocycles. The molecule has 0 spiro atoms. The molecule has 1 aliphatic heterocycles. The van der Waals surface area contributed by atoms with Crippen molar-refractivity contribution in [3.8, 4) is 5.75 Å². The highest BCUT2D eigenvalue weighted by molar-refractivity contribution is 5.85. The fourth-order valence-electron chi connectivity index (χ4n) is 2.16. The van der Waals surface area contributed by atoms with E-state index in [-0.39, 0.29) is 36.6 Å². The standard InChI is InChI=1S/C13H17FN2O.2ClH/c1-2-12(16-7-5-15-6-8-16)10-3-4-13(17)11(14)9-10;;/h2-4,9,12,15,17H,1,5-8H2;2*1H/t12-;;/m0../s1. The van der Waals surface area contributed by atoms with Gasteiger partial charge in [-0.1, -0.05) is 12.1 Å². The van der Waals surface area contributed by atoms with E-state index in [4.69, 9.17) is 0 Å². The Morgan fingerprint density at radius 3 is 2.47 bits per heavy atom. The largest absolute Gasteiger partial charge is 0.505 e. The molecule has 1 atom stereocenters. The topological polar surface area (TPSA) is 35.5 Å². The predicted octanol–water partition coefficient (Wildman–Crippen LogP) is 2.51. The van der Waals surface area contributed by atoms with Crippen LogP contribution in [-0.2, 0) is 0 Å². The van der Waals surface area contributed by atoms with Crippen LogP contribution in [-0.4, -0.2) is 36.2 Å². The Morgan fingerprint density at radius 2 is 1.95 bits per heavy atom. The van der Waals surface area contributed by atoms with Crippen molar-refractivity contribution < 1.29 is 9.50 Å². The van der Waals surface area contributed by atoms with Crippen molar-refractivity contribution in [3.63, 3.8) is 0 Å². The number of phenolic OH excluding ortho intramolecular Hbond substituents is 1. The molecular weight excluding hydrogens is 290 g/mol. The van der Waals surface area contributed by atoms with Gasteiger partial charge in [0.15, 0.2) is 11.6 Å². The third-order valence-electron chi connectivity index (χ3n) is 3.08. The Balaban J connectivity index is 0.00000162. The Kier molecular flexibility index (Phi) is 8.02. The van der Waals surface area contributed by atoms with Gasteiger partial charge < -0.3 is 10.4 Å². The Labute approximate surface area is 125 Å². The van der Waals surface area contributed by atoms with Gasteiger partial charge in [-0.25, -0.2) is 4.39 Å². The maximum absolute atomic E-state index is 13.3. The van der Waals surface area contributed by atoms with Gasteiger partial charge in [0.05, 0.1) is 6.04 Å². The Bertz CT molecular complexity index is 412. The van der Waals surface area contributed by atoms with Crippen molar-refractivity contribution in [2.24, 2.45) is 0 Å². The zero-order chi connectivity index (χ0) is 12.3. The van der Waals surface area contributed by atoms with Gasteiger partial charge in [-0.15, -0.1) is 31.4 Å². The van der Waals surface area contributed by atoms with Crippen molar-refractivity contribution in [2.75, 3.05) is 26.2 Å². The van der Waals surface area contributed by atoms with E-state index in [0.29, 0.717) is 0 Å². The molecule has 1 heterocycles. The zero-order valence-corrected chi connectivity index (χ0v) is 12.1. The number of piperazine rings is 1. The molecule has 6 heteroatoms. The first kappa shape index (κ1) is 18.2. The van der Waals surface area contributed by atoms with Crippen LogP contribution < -0.4 is 5.32 Å². The summed E-state index contributed by atoms with van der Waals surface area (Å²) < 4.78 is 13.3. The third-order valence-corrected chi connectivity index (χ3v) is 3.08. The van der Waals surface area contributed by atoms with E-state index in [9.17, 15) is 9.50 Å². The minimum absolute atomic E-state index is 0. The second kappa shape index (κ2) is 8.38. The molecule has 19 heavy (non-hydrogen) atoms. The van der Waals surface area contributed by atoms with Gasteiger partial charge >= 0.3 is 0 Å². The van der Waals surface area contributed by atoms with Crippen molar-refractivity contribution in [1.29, 1.82) is 0 Å². The van der Waals surface area contributed by atoms with E-state index < -0.39 is 5.82 Å². The predicted molar refractivity (Wildman–Crippen MR) is 79.9 cm³/mol. The van der Waals surface area contributed by atoms with Crippen LogP contribution in [0.3, 0.4) is 0 Å². The van der Waals surface area contributed by atoms with Crippen LogP contribution in [0.2, 0.25) is 0 Å². The molecule has 1 aromatic carbocycles. The molecule has 1 saturated heterocycles. The molecule has 0 amide bonds. The molecule has 0 unspecified atom stereocenters. The lowest BCUT2D eigenvalue weighted by Gasteiger charge is -2.33. The number of nitrogens with zero attached hydrogens (tertiary/aromatic N) is 1. The van der Waals surface area contributed by atoms with Crippen molar-refractivity contribution in [2.45, 2.75) is 6.04 Å². The molecule has 1 aliphatic rings. The average Bonchev–Trinajstić information content (AvgIpc) is 2.36. The van der Waals surface area contributed by atoms with Crippen molar-refractivity contribution >= 4 is 24.8 Å². The fourth-order valence-corrected chi connectivity index (χ4v) is 2.16. The summed E-state index contributed by atoms with van der Waals surface area (Å²) in [6.45, 7) is 7.52. The van der Waals surface area contributed by atoms with Crippen LogP contribution in [0.15, 0.2) is 30.9 Å². The first-order valence-electron chi connectivity index (χ1n) is 5.78. The summed E-state index contributed by atoms with van der Waals surface area (Å²) in [5, 5.41) is 12.5. The highest BCUT2D eigenvalue weighted by Crippen LogP contribution is 2.26.